The Labute approximate surface area is 197 Å². The van der Waals surface area contributed by atoms with Crippen molar-refractivity contribution >= 4 is 29.9 Å². The number of nitrogens with zero attached hydrogens (tertiary/aromatic N) is 3. The van der Waals surface area contributed by atoms with E-state index in [9.17, 15) is 13.2 Å². The molecule has 2 N–H and O–H groups in total. The molecule has 0 bridgehead atoms. The van der Waals surface area contributed by atoms with E-state index < -0.39 is 11.9 Å². The van der Waals surface area contributed by atoms with Crippen molar-refractivity contribution in [1.29, 1.82) is 0 Å². The van der Waals surface area contributed by atoms with Crippen molar-refractivity contribution < 1.29 is 22.6 Å². The van der Waals surface area contributed by atoms with Crippen LogP contribution in [0, 0.1) is 0 Å². The van der Waals surface area contributed by atoms with Crippen LogP contribution in [-0.4, -0.2) is 42.5 Å². The molecule has 0 radical (unpaired) electrons. The van der Waals surface area contributed by atoms with Crippen molar-refractivity contribution in [2.75, 3.05) is 26.8 Å². The Hall–Kier alpha value is -2.18. The highest BCUT2D eigenvalue weighted by Crippen LogP contribution is 2.30. The Kier molecular flexibility index (Phi) is 10.9. The summed E-state index contributed by atoms with van der Waals surface area (Å²) in [6, 6.07) is 5.76. The van der Waals surface area contributed by atoms with E-state index in [1.807, 2.05) is 32.0 Å². The Balaban J connectivity index is 0.00000480. The summed E-state index contributed by atoms with van der Waals surface area (Å²) in [6.07, 6.45) is -2.48. The molecule has 0 aliphatic carbocycles. The van der Waals surface area contributed by atoms with E-state index >= 15 is 0 Å². The largest absolute Gasteiger partial charge is 0.490 e. The highest BCUT2D eigenvalue weighted by Gasteiger charge is 2.36. The topological polar surface area (TPSA) is 72.7 Å². The summed E-state index contributed by atoms with van der Waals surface area (Å²) in [5.74, 6) is 1.80. The van der Waals surface area contributed by atoms with Gasteiger partial charge in [0.05, 0.1) is 13.2 Å². The minimum Gasteiger partial charge on any atom is -0.490 e. The molecular formula is C20H29F3IN5O2. The van der Waals surface area contributed by atoms with Gasteiger partial charge in [-0.25, -0.2) is 0 Å². The van der Waals surface area contributed by atoms with Gasteiger partial charge in [0.2, 0.25) is 0 Å². The lowest BCUT2D eigenvalue weighted by molar-refractivity contribution is -0.142. The van der Waals surface area contributed by atoms with Gasteiger partial charge in [-0.15, -0.1) is 24.0 Å². The molecule has 0 spiro atoms. The van der Waals surface area contributed by atoms with Gasteiger partial charge in [-0.05, 0) is 38.0 Å². The first kappa shape index (κ1) is 26.9. The van der Waals surface area contributed by atoms with Crippen LogP contribution in [0.2, 0.25) is 0 Å². The number of guanidine groups is 1. The molecule has 1 aromatic carbocycles. The molecule has 0 atom stereocenters. The number of halogens is 4. The SMILES string of the molecule is CCOc1ccc(CCNC(=NC)NCc2cn(C)nc2C(F)(F)F)cc1OCC.I. The van der Waals surface area contributed by atoms with Gasteiger partial charge in [-0.2, -0.15) is 18.3 Å². The summed E-state index contributed by atoms with van der Waals surface area (Å²) >= 11 is 0. The van der Waals surface area contributed by atoms with Crippen molar-refractivity contribution in [1.82, 2.24) is 20.4 Å². The van der Waals surface area contributed by atoms with E-state index in [1.54, 1.807) is 7.05 Å². The van der Waals surface area contributed by atoms with Gasteiger partial charge in [0, 0.05) is 38.9 Å². The fourth-order valence-corrected chi connectivity index (χ4v) is 2.88. The molecule has 0 unspecified atom stereocenters. The van der Waals surface area contributed by atoms with Gasteiger partial charge in [0.1, 0.15) is 0 Å². The second-order valence-electron chi connectivity index (χ2n) is 6.42. The van der Waals surface area contributed by atoms with Crippen molar-refractivity contribution in [3.8, 4) is 11.5 Å². The van der Waals surface area contributed by atoms with E-state index in [0.717, 1.165) is 10.2 Å². The van der Waals surface area contributed by atoms with E-state index in [-0.39, 0.29) is 36.1 Å². The molecule has 0 aliphatic rings. The Bertz CT molecular complexity index is 856. The predicted octanol–water partition coefficient (Wildman–Crippen LogP) is 3.76. The molecule has 174 valence electrons. The third kappa shape index (κ3) is 8.11. The van der Waals surface area contributed by atoms with E-state index in [4.69, 9.17) is 9.47 Å². The normalized spacial score (nSPS) is 11.6. The van der Waals surface area contributed by atoms with Crippen molar-refractivity contribution in [3.63, 3.8) is 0 Å². The van der Waals surface area contributed by atoms with Gasteiger partial charge < -0.3 is 20.1 Å². The Morgan fingerprint density at radius 3 is 2.42 bits per heavy atom. The van der Waals surface area contributed by atoms with Crippen molar-refractivity contribution in [2.45, 2.75) is 33.0 Å². The fourth-order valence-electron chi connectivity index (χ4n) is 2.88. The molecule has 7 nitrogen and oxygen atoms in total. The highest BCUT2D eigenvalue weighted by atomic mass is 127. The van der Waals surface area contributed by atoms with Crippen LogP contribution in [0.5, 0.6) is 11.5 Å². The van der Waals surface area contributed by atoms with Crippen LogP contribution in [0.3, 0.4) is 0 Å². The van der Waals surface area contributed by atoms with Crippen molar-refractivity contribution in [3.05, 3.63) is 41.2 Å². The van der Waals surface area contributed by atoms with Crippen LogP contribution >= 0.6 is 24.0 Å². The molecule has 1 aromatic heterocycles. The van der Waals surface area contributed by atoms with Gasteiger partial charge in [-0.3, -0.25) is 9.67 Å². The number of alkyl halides is 3. The molecule has 31 heavy (non-hydrogen) atoms. The number of rotatable bonds is 9. The number of aliphatic imine (C=N–C) groups is 1. The zero-order valence-electron chi connectivity index (χ0n) is 18.0. The first-order chi connectivity index (χ1) is 14.3. The fraction of sp³-hybridized carbons (Fsp3) is 0.500. The molecular weight excluding hydrogens is 526 g/mol. The lowest BCUT2D eigenvalue weighted by atomic mass is 10.1. The maximum Gasteiger partial charge on any atom is 0.435 e. The van der Waals surface area contributed by atoms with Crippen LogP contribution < -0.4 is 20.1 Å². The first-order valence-electron chi connectivity index (χ1n) is 9.71. The van der Waals surface area contributed by atoms with Crippen LogP contribution in [0.25, 0.3) is 0 Å². The second kappa shape index (κ2) is 12.6. The van der Waals surface area contributed by atoms with Gasteiger partial charge in [-0.1, -0.05) is 6.07 Å². The number of aryl methyl sites for hydroxylation is 1. The van der Waals surface area contributed by atoms with Crippen molar-refractivity contribution in [2.24, 2.45) is 12.0 Å². The van der Waals surface area contributed by atoms with Gasteiger partial charge >= 0.3 is 6.18 Å². The zero-order chi connectivity index (χ0) is 22.1. The number of aromatic nitrogens is 2. The number of ether oxygens (including phenoxy) is 2. The van der Waals surface area contributed by atoms with E-state index in [2.05, 4.69) is 20.7 Å². The molecule has 2 aromatic rings. The molecule has 0 amide bonds. The minimum atomic E-state index is -4.50. The summed E-state index contributed by atoms with van der Waals surface area (Å²) < 4.78 is 51.5. The molecule has 11 heteroatoms. The second-order valence-corrected chi connectivity index (χ2v) is 6.42. The molecule has 0 saturated carbocycles. The third-order valence-corrected chi connectivity index (χ3v) is 4.16. The Morgan fingerprint density at radius 2 is 1.81 bits per heavy atom. The van der Waals surface area contributed by atoms with E-state index in [0.29, 0.717) is 43.6 Å². The summed E-state index contributed by atoms with van der Waals surface area (Å²) in [5, 5.41) is 9.50. The maximum absolute atomic E-state index is 13.1. The summed E-state index contributed by atoms with van der Waals surface area (Å²) in [6.45, 7) is 5.41. The predicted molar refractivity (Wildman–Crippen MR) is 124 cm³/mol. The first-order valence-corrected chi connectivity index (χ1v) is 9.71. The smallest absolute Gasteiger partial charge is 0.435 e. The molecule has 0 fully saturated rings. The van der Waals surface area contributed by atoms with Crippen LogP contribution in [0.1, 0.15) is 30.7 Å². The average molecular weight is 555 g/mol. The highest BCUT2D eigenvalue weighted by molar-refractivity contribution is 14.0. The van der Waals surface area contributed by atoms with Crippen LogP contribution in [0.4, 0.5) is 13.2 Å². The number of nitrogens with one attached hydrogen (secondary N) is 2. The van der Waals surface area contributed by atoms with Crippen LogP contribution in [0.15, 0.2) is 29.4 Å². The summed E-state index contributed by atoms with van der Waals surface area (Å²) in [5.41, 5.74) is 0.197. The average Bonchev–Trinajstić information content (AvgIpc) is 3.08. The van der Waals surface area contributed by atoms with Crippen LogP contribution in [-0.2, 0) is 26.2 Å². The molecule has 0 saturated heterocycles. The molecule has 0 aliphatic heterocycles. The lowest BCUT2D eigenvalue weighted by Crippen LogP contribution is -2.38. The standard InChI is InChI=1S/C20H28F3N5O2.HI/c1-5-29-16-8-7-14(11-17(16)30-6-2)9-10-25-19(24-3)26-12-15-13-28(4)27-18(15)20(21,22)23;/h7-8,11,13H,5-6,9-10,12H2,1-4H3,(H2,24,25,26);1H. The quantitative estimate of drug-likeness (QED) is 0.280. The zero-order valence-corrected chi connectivity index (χ0v) is 20.4. The molecule has 1 heterocycles. The number of hydrogen-bond donors (Lipinski definition) is 2. The number of benzene rings is 1. The monoisotopic (exact) mass is 555 g/mol. The summed E-state index contributed by atoms with van der Waals surface area (Å²) in [7, 11) is 3.02. The lowest BCUT2D eigenvalue weighted by Gasteiger charge is -2.14. The van der Waals surface area contributed by atoms with Gasteiger partial charge in [0.25, 0.3) is 0 Å². The van der Waals surface area contributed by atoms with E-state index in [1.165, 1.54) is 13.2 Å². The maximum atomic E-state index is 13.1. The number of hydrogen-bond acceptors (Lipinski definition) is 4. The Morgan fingerprint density at radius 1 is 1.13 bits per heavy atom. The molecule has 2 rings (SSSR count). The van der Waals surface area contributed by atoms with Gasteiger partial charge in [0.15, 0.2) is 23.2 Å². The minimum absolute atomic E-state index is 0. The third-order valence-electron chi connectivity index (χ3n) is 4.16. The summed E-state index contributed by atoms with van der Waals surface area (Å²) in [4.78, 5) is 4.06.